The standard InChI is InChI=1S/C17H18N2O2/c1-17(21,12-7-9-13(20)10-8-12)11-16-18-14-5-3-4-6-15(14)19(16)2/h3-10,20-21H,11H2,1-2H3. The van der Waals surface area contributed by atoms with Crippen molar-refractivity contribution in [1.29, 1.82) is 0 Å². The summed E-state index contributed by atoms with van der Waals surface area (Å²) in [7, 11) is 1.96. The summed E-state index contributed by atoms with van der Waals surface area (Å²) in [5, 5.41) is 20.1. The molecule has 0 radical (unpaired) electrons. The fourth-order valence-corrected chi connectivity index (χ4v) is 2.58. The van der Waals surface area contributed by atoms with Gasteiger partial charge in [0, 0.05) is 13.5 Å². The van der Waals surface area contributed by atoms with Gasteiger partial charge in [-0.3, -0.25) is 0 Å². The number of para-hydroxylation sites is 2. The molecule has 108 valence electrons. The number of aryl methyl sites for hydroxylation is 1. The zero-order valence-electron chi connectivity index (χ0n) is 12.1. The number of aromatic hydroxyl groups is 1. The molecule has 4 heteroatoms. The van der Waals surface area contributed by atoms with Crippen LogP contribution in [-0.4, -0.2) is 19.8 Å². The number of benzene rings is 2. The first-order valence-electron chi connectivity index (χ1n) is 6.89. The monoisotopic (exact) mass is 282 g/mol. The molecule has 0 fully saturated rings. The first-order valence-corrected chi connectivity index (χ1v) is 6.89. The zero-order valence-corrected chi connectivity index (χ0v) is 12.1. The summed E-state index contributed by atoms with van der Waals surface area (Å²) in [5.74, 6) is 1.02. The van der Waals surface area contributed by atoms with Gasteiger partial charge < -0.3 is 14.8 Å². The van der Waals surface area contributed by atoms with E-state index in [1.807, 2.05) is 35.9 Å². The van der Waals surface area contributed by atoms with Crippen LogP contribution in [-0.2, 0) is 19.1 Å². The van der Waals surface area contributed by atoms with Gasteiger partial charge in [0.15, 0.2) is 0 Å². The highest BCUT2D eigenvalue weighted by atomic mass is 16.3. The second-order valence-electron chi connectivity index (χ2n) is 5.57. The zero-order chi connectivity index (χ0) is 15.0. The molecule has 0 amide bonds. The van der Waals surface area contributed by atoms with E-state index in [2.05, 4.69) is 4.98 Å². The summed E-state index contributed by atoms with van der Waals surface area (Å²) < 4.78 is 2.00. The molecule has 3 rings (SSSR count). The van der Waals surface area contributed by atoms with Crippen LogP contribution < -0.4 is 0 Å². The molecule has 3 aromatic rings. The number of nitrogens with zero attached hydrogens (tertiary/aromatic N) is 2. The summed E-state index contributed by atoms with van der Waals surface area (Å²) in [6.07, 6.45) is 0.406. The predicted molar refractivity (Wildman–Crippen MR) is 82.1 cm³/mol. The van der Waals surface area contributed by atoms with Gasteiger partial charge in [-0.05, 0) is 36.8 Å². The lowest BCUT2D eigenvalue weighted by Crippen LogP contribution is -2.25. The molecule has 1 aromatic heterocycles. The van der Waals surface area contributed by atoms with Crippen molar-refractivity contribution in [2.45, 2.75) is 18.9 Å². The maximum absolute atomic E-state index is 10.7. The van der Waals surface area contributed by atoms with Crippen molar-refractivity contribution >= 4 is 11.0 Å². The third kappa shape index (κ3) is 2.50. The molecule has 2 N–H and O–H groups in total. The van der Waals surface area contributed by atoms with Crippen LogP contribution in [0, 0.1) is 0 Å². The Bertz CT molecular complexity index is 773. The molecule has 1 unspecified atom stereocenters. The maximum atomic E-state index is 10.7. The Morgan fingerprint density at radius 2 is 1.76 bits per heavy atom. The van der Waals surface area contributed by atoms with Crippen LogP contribution in [0.2, 0.25) is 0 Å². The number of hydrogen-bond acceptors (Lipinski definition) is 3. The Morgan fingerprint density at radius 3 is 2.43 bits per heavy atom. The number of hydrogen-bond donors (Lipinski definition) is 2. The lowest BCUT2D eigenvalue weighted by Gasteiger charge is -2.23. The lowest BCUT2D eigenvalue weighted by atomic mass is 9.92. The third-order valence-electron chi connectivity index (χ3n) is 3.87. The molecule has 1 heterocycles. The molecule has 4 nitrogen and oxygen atoms in total. The van der Waals surface area contributed by atoms with Crippen molar-refractivity contribution in [3.63, 3.8) is 0 Å². The Kier molecular flexibility index (Phi) is 3.18. The van der Waals surface area contributed by atoms with Gasteiger partial charge in [-0.1, -0.05) is 24.3 Å². The highest BCUT2D eigenvalue weighted by molar-refractivity contribution is 5.75. The normalized spacial score (nSPS) is 14.2. The number of phenols is 1. The maximum Gasteiger partial charge on any atom is 0.115 e. The van der Waals surface area contributed by atoms with Crippen molar-refractivity contribution in [3.05, 3.63) is 59.9 Å². The second kappa shape index (κ2) is 4.90. The van der Waals surface area contributed by atoms with E-state index in [0.29, 0.717) is 6.42 Å². The van der Waals surface area contributed by atoms with Crippen LogP contribution in [0.1, 0.15) is 18.3 Å². The van der Waals surface area contributed by atoms with E-state index in [9.17, 15) is 10.2 Å². The molecule has 21 heavy (non-hydrogen) atoms. The Hall–Kier alpha value is -2.33. The molecule has 0 aliphatic heterocycles. The number of fused-ring (bicyclic) bond motifs is 1. The fourth-order valence-electron chi connectivity index (χ4n) is 2.58. The number of aliphatic hydroxyl groups is 1. The van der Waals surface area contributed by atoms with E-state index >= 15 is 0 Å². The fraction of sp³-hybridized carbons (Fsp3) is 0.235. The number of aromatic nitrogens is 2. The van der Waals surface area contributed by atoms with Gasteiger partial charge in [-0.2, -0.15) is 0 Å². The summed E-state index contributed by atoms with van der Waals surface area (Å²) in [4.78, 5) is 4.59. The summed E-state index contributed by atoms with van der Waals surface area (Å²) in [5.41, 5.74) is 1.70. The minimum absolute atomic E-state index is 0.192. The summed E-state index contributed by atoms with van der Waals surface area (Å²) >= 11 is 0. The average molecular weight is 282 g/mol. The summed E-state index contributed by atoms with van der Waals surface area (Å²) in [6.45, 7) is 1.76. The molecule has 0 saturated heterocycles. The van der Waals surface area contributed by atoms with Gasteiger partial charge >= 0.3 is 0 Å². The molecule has 0 spiro atoms. The molecule has 0 aliphatic carbocycles. The van der Waals surface area contributed by atoms with Crippen molar-refractivity contribution in [2.24, 2.45) is 7.05 Å². The Balaban J connectivity index is 1.96. The Morgan fingerprint density at radius 1 is 1.10 bits per heavy atom. The molecule has 0 bridgehead atoms. The minimum Gasteiger partial charge on any atom is -0.508 e. The smallest absolute Gasteiger partial charge is 0.115 e. The molecule has 0 aliphatic rings. The number of phenolic OH excluding ortho intramolecular Hbond substituents is 1. The molecule has 1 atom stereocenters. The molecular weight excluding hydrogens is 264 g/mol. The van der Waals surface area contributed by atoms with Crippen LogP contribution in [0.15, 0.2) is 48.5 Å². The molecule has 0 saturated carbocycles. The van der Waals surface area contributed by atoms with E-state index in [1.165, 1.54) is 0 Å². The lowest BCUT2D eigenvalue weighted by molar-refractivity contribution is 0.0549. The van der Waals surface area contributed by atoms with Crippen molar-refractivity contribution in [2.75, 3.05) is 0 Å². The first kappa shape index (κ1) is 13.6. The number of rotatable bonds is 3. The van der Waals surface area contributed by atoms with Gasteiger partial charge in [0.1, 0.15) is 11.6 Å². The molecule has 2 aromatic carbocycles. The first-order chi connectivity index (χ1) is 9.97. The van der Waals surface area contributed by atoms with E-state index in [0.717, 1.165) is 22.4 Å². The van der Waals surface area contributed by atoms with Crippen LogP contribution in [0.25, 0.3) is 11.0 Å². The van der Waals surface area contributed by atoms with E-state index in [-0.39, 0.29) is 5.75 Å². The SMILES string of the molecule is Cn1c(CC(C)(O)c2ccc(O)cc2)nc2ccccc21. The predicted octanol–water partition coefficient (Wildman–Crippen LogP) is 2.73. The molecular formula is C17H18N2O2. The van der Waals surface area contributed by atoms with Crippen molar-refractivity contribution in [1.82, 2.24) is 9.55 Å². The van der Waals surface area contributed by atoms with Crippen LogP contribution in [0.4, 0.5) is 0 Å². The van der Waals surface area contributed by atoms with E-state index in [1.54, 1.807) is 31.2 Å². The highest BCUT2D eigenvalue weighted by Gasteiger charge is 2.26. The van der Waals surface area contributed by atoms with Gasteiger partial charge in [0.25, 0.3) is 0 Å². The Labute approximate surface area is 123 Å². The van der Waals surface area contributed by atoms with Gasteiger partial charge in [-0.25, -0.2) is 4.98 Å². The topological polar surface area (TPSA) is 58.3 Å². The van der Waals surface area contributed by atoms with Crippen LogP contribution in [0.5, 0.6) is 5.75 Å². The average Bonchev–Trinajstić information content (AvgIpc) is 2.76. The van der Waals surface area contributed by atoms with Gasteiger partial charge in [-0.15, -0.1) is 0 Å². The van der Waals surface area contributed by atoms with E-state index in [4.69, 9.17) is 0 Å². The van der Waals surface area contributed by atoms with Gasteiger partial charge in [0.05, 0.1) is 16.6 Å². The van der Waals surface area contributed by atoms with Crippen LogP contribution in [0.3, 0.4) is 0 Å². The van der Waals surface area contributed by atoms with Gasteiger partial charge in [0.2, 0.25) is 0 Å². The second-order valence-corrected chi connectivity index (χ2v) is 5.57. The highest BCUT2D eigenvalue weighted by Crippen LogP contribution is 2.27. The summed E-state index contributed by atoms with van der Waals surface area (Å²) in [6, 6.07) is 14.5. The largest absolute Gasteiger partial charge is 0.508 e. The van der Waals surface area contributed by atoms with E-state index < -0.39 is 5.60 Å². The van der Waals surface area contributed by atoms with Crippen molar-refractivity contribution in [3.8, 4) is 5.75 Å². The minimum atomic E-state index is -1.04. The van der Waals surface area contributed by atoms with Crippen LogP contribution >= 0.6 is 0 Å². The third-order valence-corrected chi connectivity index (χ3v) is 3.87. The number of imidazole rings is 1. The van der Waals surface area contributed by atoms with Crippen molar-refractivity contribution < 1.29 is 10.2 Å². The quantitative estimate of drug-likeness (QED) is 0.776.